The van der Waals surface area contributed by atoms with Crippen LogP contribution >= 0.6 is 0 Å². The van der Waals surface area contributed by atoms with Crippen LogP contribution in [0.15, 0.2) is 46.2 Å². The Bertz CT molecular complexity index is 1780. The lowest BCUT2D eigenvalue weighted by Crippen LogP contribution is -2.40. The van der Waals surface area contributed by atoms with Crippen molar-refractivity contribution in [2.75, 3.05) is 0 Å². The van der Waals surface area contributed by atoms with E-state index < -0.39 is 35.4 Å². The number of aryl methyl sites for hydroxylation is 1. The van der Waals surface area contributed by atoms with Crippen molar-refractivity contribution < 1.29 is 27.4 Å². The fourth-order valence-corrected chi connectivity index (χ4v) is 5.82. The molecule has 4 aromatic rings. The summed E-state index contributed by atoms with van der Waals surface area (Å²) in [5.41, 5.74) is -0.824. The Morgan fingerprint density at radius 3 is 2.51 bits per heavy atom. The molecule has 0 amide bonds. The van der Waals surface area contributed by atoms with Crippen molar-refractivity contribution in [3.8, 4) is 11.4 Å². The summed E-state index contributed by atoms with van der Waals surface area (Å²) in [5.74, 6) is 0.213. The molecule has 1 aromatic carbocycles. The van der Waals surface area contributed by atoms with E-state index in [2.05, 4.69) is 5.10 Å². The number of nitrogens with zero attached hydrogens (tertiary/aromatic N) is 6. The molecule has 45 heavy (non-hydrogen) atoms. The van der Waals surface area contributed by atoms with Crippen molar-refractivity contribution in [2.45, 2.75) is 104 Å². The van der Waals surface area contributed by atoms with Gasteiger partial charge in [0.05, 0.1) is 23.9 Å². The maximum Gasteiger partial charge on any atom is 0.510 e. The SMILES string of the molecule is CCCn1c(=O)c2c(nc(-c3cnn(Cc4cccc(C(F)(F)F)c4)c3)n2C(CC)OC(=O)OC2CCCCC2)n(CC)c1=O. The summed E-state index contributed by atoms with van der Waals surface area (Å²) in [4.78, 5) is 44.9. The molecule has 1 fully saturated rings. The van der Waals surface area contributed by atoms with Crippen molar-refractivity contribution in [1.29, 1.82) is 0 Å². The number of alkyl halides is 3. The topological polar surface area (TPSA) is 115 Å². The maximum absolute atomic E-state index is 13.9. The Balaban J connectivity index is 1.60. The van der Waals surface area contributed by atoms with Crippen LogP contribution in [0.4, 0.5) is 18.0 Å². The average molecular weight is 631 g/mol. The second kappa shape index (κ2) is 13.3. The van der Waals surface area contributed by atoms with Crippen LogP contribution in [0.25, 0.3) is 22.6 Å². The highest BCUT2D eigenvalue weighted by Crippen LogP contribution is 2.31. The molecule has 3 aromatic heterocycles. The fraction of sp³-hybridized carbons (Fsp3) is 0.516. The predicted molar refractivity (Wildman–Crippen MR) is 160 cm³/mol. The molecule has 3 heterocycles. The van der Waals surface area contributed by atoms with E-state index in [4.69, 9.17) is 14.5 Å². The smallest absolute Gasteiger partial charge is 0.431 e. The van der Waals surface area contributed by atoms with Crippen molar-refractivity contribution in [2.24, 2.45) is 0 Å². The van der Waals surface area contributed by atoms with Gasteiger partial charge < -0.3 is 9.47 Å². The minimum atomic E-state index is -4.48. The zero-order chi connectivity index (χ0) is 32.3. The molecule has 242 valence electrons. The van der Waals surface area contributed by atoms with Gasteiger partial charge >= 0.3 is 18.0 Å². The largest absolute Gasteiger partial charge is 0.510 e. The standard InChI is InChI=1S/C31H37F3N6O5/c1-4-15-39-28(41)25-27(38(6-3)29(39)42)36-26(40(25)24(5-2)45-30(43)44-23-13-8-7-9-14-23)21-17-35-37(19-21)18-20-11-10-12-22(16-20)31(32,33)34/h10-12,16-17,19,23-24H,4-9,13-15,18H2,1-3H3. The highest BCUT2D eigenvalue weighted by atomic mass is 19.4. The van der Waals surface area contributed by atoms with Crippen molar-refractivity contribution in [3.63, 3.8) is 0 Å². The third kappa shape index (κ3) is 6.69. The molecule has 1 unspecified atom stereocenters. The van der Waals surface area contributed by atoms with E-state index in [0.717, 1.165) is 48.8 Å². The Labute approximate surface area is 257 Å². The van der Waals surface area contributed by atoms with Crippen LogP contribution in [0, 0.1) is 0 Å². The van der Waals surface area contributed by atoms with Crippen LogP contribution < -0.4 is 11.2 Å². The van der Waals surface area contributed by atoms with Gasteiger partial charge in [-0.2, -0.15) is 18.3 Å². The highest BCUT2D eigenvalue weighted by molar-refractivity contribution is 5.77. The van der Waals surface area contributed by atoms with E-state index in [0.29, 0.717) is 17.5 Å². The van der Waals surface area contributed by atoms with Crippen molar-refractivity contribution in [1.82, 2.24) is 28.5 Å². The average Bonchev–Trinajstić information content (AvgIpc) is 3.63. The number of aromatic nitrogens is 6. The molecule has 1 aliphatic carbocycles. The molecule has 0 saturated heterocycles. The number of carbonyl (C=O) groups is 1. The van der Waals surface area contributed by atoms with E-state index in [1.165, 1.54) is 26.1 Å². The van der Waals surface area contributed by atoms with Gasteiger partial charge in [-0.05, 0) is 56.7 Å². The van der Waals surface area contributed by atoms with Crippen molar-refractivity contribution >= 4 is 17.3 Å². The van der Waals surface area contributed by atoms with Gasteiger partial charge in [0.15, 0.2) is 17.4 Å². The Morgan fingerprint density at radius 1 is 1.09 bits per heavy atom. The molecule has 14 heteroatoms. The van der Waals surface area contributed by atoms with E-state index in [-0.39, 0.29) is 49.1 Å². The second-order valence-electron chi connectivity index (χ2n) is 11.2. The normalized spacial score (nSPS) is 15.0. The number of hydrogen-bond donors (Lipinski definition) is 0. The summed E-state index contributed by atoms with van der Waals surface area (Å²) in [6.45, 7) is 5.85. The lowest BCUT2D eigenvalue weighted by atomic mass is 9.98. The third-order valence-electron chi connectivity index (χ3n) is 8.00. The van der Waals surface area contributed by atoms with Crippen molar-refractivity contribution in [3.05, 3.63) is 68.6 Å². The predicted octanol–water partition coefficient (Wildman–Crippen LogP) is 6.11. The van der Waals surface area contributed by atoms with Gasteiger partial charge in [0, 0.05) is 25.7 Å². The molecule has 5 rings (SSSR count). The minimum absolute atomic E-state index is 0.0363. The van der Waals surface area contributed by atoms with Crippen LogP contribution in [0.2, 0.25) is 0 Å². The Kier molecular flexibility index (Phi) is 9.49. The molecular weight excluding hydrogens is 593 g/mol. The van der Waals surface area contributed by atoms with Gasteiger partial charge in [-0.1, -0.05) is 32.4 Å². The number of carbonyl (C=O) groups excluding carboxylic acids is 1. The van der Waals surface area contributed by atoms with E-state index in [1.54, 1.807) is 26.1 Å². The number of benzene rings is 1. The third-order valence-corrected chi connectivity index (χ3v) is 8.00. The van der Waals surface area contributed by atoms with Crippen LogP contribution in [-0.2, 0) is 35.3 Å². The lowest BCUT2D eigenvalue weighted by molar-refractivity contribution is -0.137. The van der Waals surface area contributed by atoms with Gasteiger partial charge in [0.2, 0.25) is 0 Å². The molecule has 0 spiro atoms. The first-order chi connectivity index (χ1) is 21.5. The molecule has 1 saturated carbocycles. The van der Waals surface area contributed by atoms with Gasteiger partial charge in [-0.15, -0.1) is 0 Å². The summed E-state index contributed by atoms with van der Waals surface area (Å²) >= 11 is 0. The van der Waals surface area contributed by atoms with E-state index in [9.17, 15) is 27.6 Å². The number of fused-ring (bicyclic) bond motifs is 1. The van der Waals surface area contributed by atoms with Gasteiger partial charge in [-0.25, -0.2) is 14.6 Å². The van der Waals surface area contributed by atoms with Gasteiger partial charge in [0.25, 0.3) is 5.56 Å². The van der Waals surface area contributed by atoms with Crippen LogP contribution in [0.5, 0.6) is 0 Å². The number of halogens is 3. The zero-order valence-electron chi connectivity index (χ0n) is 25.5. The molecule has 0 bridgehead atoms. The number of hydrogen-bond acceptors (Lipinski definition) is 7. The Morgan fingerprint density at radius 2 is 1.84 bits per heavy atom. The second-order valence-corrected chi connectivity index (χ2v) is 11.2. The molecule has 1 atom stereocenters. The van der Waals surface area contributed by atoms with Crippen LogP contribution in [0.3, 0.4) is 0 Å². The molecule has 11 nitrogen and oxygen atoms in total. The Hall–Kier alpha value is -4.36. The van der Waals surface area contributed by atoms with E-state index in [1.807, 2.05) is 6.92 Å². The van der Waals surface area contributed by atoms with Gasteiger partial charge in [0.1, 0.15) is 11.9 Å². The summed E-state index contributed by atoms with van der Waals surface area (Å²) in [6, 6.07) is 4.97. The maximum atomic E-state index is 13.9. The number of imidazole rings is 1. The summed E-state index contributed by atoms with van der Waals surface area (Å²) < 4.78 is 56.8. The fourth-order valence-electron chi connectivity index (χ4n) is 5.82. The quantitative estimate of drug-likeness (QED) is 0.194. The molecule has 0 radical (unpaired) electrons. The lowest BCUT2D eigenvalue weighted by Gasteiger charge is -2.24. The summed E-state index contributed by atoms with van der Waals surface area (Å²) in [7, 11) is 0. The number of rotatable bonds is 10. The minimum Gasteiger partial charge on any atom is -0.431 e. The van der Waals surface area contributed by atoms with Gasteiger partial charge in [-0.3, -0.25) is 23.2 Å². The monoisotopic (exact) mass is 630 g/mol. The number of ether oxygens (including phenoxy) is 2. The first-order valence-electron chi connectivity index (χ1n) is 15.4. The first-order valence-corrected chi connectivity index (χ1v) is 15.4. The van der Waals surface area contributed by atoms with Crippen LogP contribution in [-0.4, -0.2) is 40.7 Å². The highest BCUT2D eigenvalue weighted by Gasteiger charge is 2.31. The summed E-state index contributed by atoms with van der Waals surface area (Å²) in [6.07, 6.45) is 1.74. The molecule has 0 aliphatic heterocycles. The van der Waals surface area contributed by atoms with Crippen LogP contribution in [0.1, 0.15) is 83.1 Å². The molecule has 1 aliphatic rings. The molecule has 0 N–H and O–H groups in total. The first kappa shape index (κ1) is 32.0. The zero-order valence-corrected chi connectivity index (χ0v) is 25.5. The molecular formula is C31H37F3N6O5. The summed E-state index contributed by atoms with van der Waals surface area (Å²) in [5, 5.41) is 4.34. The van der Waals surface area contributed by atoms with E-state index >= 15 is 0 Å².